The summed E-state index contributed by atoms with van der Waals surface area (Å²) >= 11 is 0. The van der Waals surface area contributed by atoms with Gasteiger partial charge in [0.15, 0.2) is 5.69 Å². The number of carbonyl (C=O) groups is 1. The van der Waals surface area contributed by atoms with Crippen LogP contribution in [-0.4, -0.2) is 40.0 Å². The maximum atomic E-state index is 13.4. The molecule has 3 rings (SSSR count). The molecule has 0 spiro atoms. The van der Waals surface area contributed by atoms with Crippen molar-refractivity contribution in [3.05, 3.63) is 56.2 Å². The van der Waals surface area contributed by atoms with Gasteiger partial charge in [-0.15, -0.1) is 0 Å². The Morgan fingerprint density at radius 2 is 1.86 bits per heavy atom. The monoisotopic (exact) mass is 495 g/mol. The van der Waals surface area contributed by atoms with Crippen LogP contribution in [0.15, 0.2) is 33.9 Å². The number of amides is 1. The second-order valence-electron chi connectivity index (χ2n) is 8.74. The molecule has 2 heterocycles. The van der Waals surface area contributed by atoms with Gasteiger partial charge in [0.1, 0.15) is 5.82 Å². The van der Waals surface area contributed by atoms with Gasteiger partial charge in [-0.3, -0.25) is 24.0 Å². The molecular formula is C24H32F3N5O3. The summed E-state index contributed by atoms with van der Waals surface area (Å²) in [6.45, 7) is 4.71. The number of nitrogens with one attached hydrogen (secondary N) is 1. The van der Waals surface area contributed by atoms with Gasteiger partial charge < -0.3 is 10.6 Å². The van der Waals surface area contributed by atoms with E-state index in [0.29, 0.717) is 31.5 Å². The Bertz CT molecular complexity index is 1140. The van der Waals surface area contributed by atoms with E-state index in [1.54, 1.807) is 6.92 Å². The number of likely N-dealkylation sites (N-methyl/N-ethyl adjacent to an activating group) is 1. The van der Waals surface area contributed by atoms with Crippen molar-refractivity contribution in [1.82, 2.24) is 14.5 Å². The predicted molar refractivity (Wildman–Crippen MR) is 128 cm³/mol. The molecule has 1 aliphatic heterocycles. The Hall–Kier alpha value is -3.08. The summed E-state index contributed by atoms with van der Waals surface area (Å²) in [7, 11) is 0. The van der Waals surface area contributed by atoms with Crippen LogP contribution < -0.4 is 21.9 Å². The number of benzene rings is 1. The van der Waals surface area contributed by atoms with E-state index in [1.807, 2.05) is 11.8 Å². The number of piperidine rings is 1. The molecule has 1 unspecified atom stereocenters. The lowest BCUT2D eigenvalue weighted by molar-refractivity contribution is -0.137. The van der Waals surface area contributed by atoms with Gasteiger partial charge in [-0.05, 0) is 50.4 Å². The summed E-state index contributed by atoms with van der Waals surface area (Å²) in [6, 6.07) is 4.81. The Morgan fingerprint density at radius 1 is 1.17 bits per heavy atom. The lowest BCUT2D eigenvalue weighted by Gasteiger charge is -2.37. The van der Waals surface area contributed by atoms with Crippen LogP contribution >= 0.6 is 0 Å². The van der Waals surface area contributed by atoms with Gasteiger partial charge in [0.25, 0.3) is 5.56 Å². The number of nitrogens with zero attached hydrogens (tertiary/aromatic N) is 3. The molecular weight excluding hydrogens is 463 g/mol. The molecule has 1 fully saturated rings. The Morgan fingerprint density at radius 3 is 2.46 bits per heavy atom. The van der Waals surface area contributed by atoms with Gasteiger partial charge in [-0.2, -0.15) is 13.2 Å². The highest BCUT2D eigenvalue weighted by Crippen LogP contribution is 2.34. The average Bonchev–Trinajstić information content (AvgIpc) is 2.81. The largest absolute Gasteiger partial charge is 0.416 e. The maximum Gasteiger partial charge on any atom is 0.416 e. The lowest BCUT2D eigenvalue weighted by atomic mass is 9.94. The van der Waals surface area contributed by atoms with Gasteiger partial charge in [-0.1, -0.05) is 31.9 Å². The van der Waals surface area contributed by atoms with Crippen molar-refractivity contribution >= 4 is 17.4 Å². The van der Waals surface area contributed by atoms with Crippen molar-refractivity contribution < 1.29 is 18.0 Å². The molecule has 1 amide bonds. The highest BCUT2D eigenvalue weighted by atomic mass is 19.4. The van der Waals surface area contributed by atoms with Crippen LogP contribution in [-0.2, 0) is 17.5 Å². The van der Waals surface area contributed by atoms with Gasteiger partial charge in [0.05, 0.1) is 12.1 Å². The molecule has 1 atom stereocenters. The van der Waals surface area contributed by atoms with E-state index in [-0.39, 0.29) is 36.5 Å². The molecule has 11 heteroatoms. The number of H-pyrrole nitrogens is 1. The quantitative estimate of drug-likeness (QED) is 0.583. The van der Waals surface area contributed by atoms with Crippen LogP contribution in [0.1, 0.15) is 63.1 Å². The minimum absolute atomic E-state index is 0.0352. The van der Waals surface area contributed by atoms with Crippen molar-refractivity contribution in [3.8, 4) is 0 Å². The molecule has 0 radical (unpaired) electrons. The number of rotatable bonds is 8. The van der Waals surface area contributed by atoms with Crippen LogP contribution in [0.5, 0.6) is 0 Å². The topological polar surface area (TPSA) is 104 Å². The number of halogens is 3. The molecule has 0 saturated carbocycles. The van der Waals surface area contributed by atoms with Crippen molar-refractivity contribution in [2.24, 2.45) is 0 Å². The number of unbranched alkanes of at least 4 members (excludes halogenated alkanes) is 1. The fourth-order valence-corrected chi connectivity index (χ4v) is 4.55. The van der Waals surface area contributed by atoms with Crippen LogP contribution in [0.4, 0.5) is 24.7 Å². The number of likely N-dealkylation sites (tertiary alicyclic amines) is 1. The normalized spacial score (nSPS) is 16.9. The molecule has 1 aliphatic rings. The van der Waals surface area contributed by atoms with Gasteiger partial charge in [0, 0.05) is 19.1 Å². The molecule has 0 bridgehead atoms. The second-order valence-corrected chi connectivity index (χ2v) is 8.74. The third-order valence-electron chi connectivity index (χ3n) is 6.41. The first kappa shape index (κ1) is 26.5. The Kier molecular flexibility index (Phi) is 8.42. The molecule has 1 saturated heterocycles. The van der Waals surface area contributed by atoms with Crippen molar-refractivity contribution in [2.75, 3.05) is 30.3 Å². The average molecular weight is 496 g/mol. The zero-order chi connectivity index (χ0) is 25.8. The first-order valence-electron chi connectivity index (χ1n) is 11.9. The summed E-state index contributed by atoms with van der Waals surface area (Å²) in [5, 5.41) is 0. The summed E-state index contributed by atoms with van der Waals surface area (Å²) in [4.78, 5) is 43.7. The highest BCUT2D eigenvalue weighted by Gasteiger charge is 2.32. The van der Waals surface area contributed by atoms with Crippen LogP contribution in [0.3, 0.4) is 0 Å². The third-order valence-corrected chi connectivity index (χ3v) is 6.41. The molecule has 8 nitrogen and oxygen atoms in total. The first-order chi connectivity index (χ1) is 16.6. The summed E-state index contributed by atoms with van der Waals surface area (Å²) < 4.78 is 40.2. The number of carbonyl (C=O) groups excluding carboxylic acids is 1. The van der Waals surface area contributed by atoms with Crippen molar-refractivity contribution in [3.63, 3.8) is 0 Å². The number of hydrogen-bond donors (Lipinski definition) is 2. The zero-order valence-corrected chi connectivity index (χ0v) is 20.0. The van der Waals surface area contributed by atoms with Gasteiger partial charge in [-0.25, -0.2) is 4.79 Å². The molecule has 1 aromatic carbocycles. The fraction of sp³-hybridized carbons (Fsp3) is 0.542. The number of nitrogens with two attached hydrogens (primary N) is 1. The number of aromatic nitrogens is 2. The predicted octanol–water partition coefficient (Wildman–Crippen LogP) is 3.52. The SMILES string of the molecule is CCCCn1c(N)c(N(CC)C(=O)CN2CCCCC2c2ccc(C(F)(F)F)cc2)c(=O)[nH]c1=O. The number of aromatic amines is 1. The van der Waals surface area contributed by atoms with Gasteiger partial charge in [0.2, 0.25) is 5.91 Å². The molecule has 1 aromatic heterocycles. The number of alkyl halides is 3. The van der Waals surface area contributed by atoms with E-state index in [1.165, 1.54) is 21.6 Å². The third kappa shape index (κ3) is 5.95. The van der Waals surface area contributed by atoms with Crippen LogP contribution in [0, 0.1) is 0 Å². The van der Waals surface area contributed by atoms with E-state index >= 15 is 0 Å². The summed E-state index contributed by atoms with van der Waals surface area (Å²) in [6.07, 6.45) is -0.474. The minimum atomic E-state index is -4.41. The fourth-order valence-electron chi connectivity index (χ4n) is 4.55. The van der Waals surface area contributed by atoms with E-state index < -0.39 is 23.0 Å². The number of hydrogen-bond acceptors (Lipinski definition) is 5. The lowest BCUT2D eigenvalue weighted by Crippen LogP contribution is -2.46. The molecule has 2 aromatic rings. The molecule has 3 N–H and O–H groups in total. The molecule has 192 valence electrons. The maximum absolute atomic E-state index is 13.4. The Balaban J connectivity index is 1.86. The molecule has 0 aliphatic carbocycles. The smallest absolute Gasteiger partial charge is 0.383 e. The van der Waals surface area contributed by atoms with Crippen molar-refractivity contribution in [2.45, 2.75) is 64.7 Å². The zero-order valence-electron chi connectivity index (χ0n) is 20.0. The Labute approximate surface area is 201 Å². The van der Waals surface area contributed by atoms with Crippen LogP contribution in [0.25, 0.3) is 0 Å². The number of anilines is 2. The van der Waals surface area contributed by atoms with Gasteiger partial charge >= 0.3 is 11.9 Å². The minimum Gasteiger partial charge on any atom is -0.383 e. The van der Waals surface area contributed by atoms with E-state index in [0.717, 1.165) is 31.4 Å². The van der Waals surface area contributed by atoms with Crippen LogP contribution in [0.2, 0.25) is 0 Å². The summed E-state index contributed by atoms with van der Waals surface area (Å²) in [5.41, 5.74) is 4.77. The van der Waals surface area contributed by atoms with E-state index in [9.17, 15) is 27.6 Å². The summed E-state index contributed by atoms with van der Waals surface area (Å²) in [5.74, 6) is -0.426. The molecule has 35 heavy (non-hydrogen) atoms. The highest BCUT2D eigenvalue weighted by molar-refractivity contribution is 5.96. The van der Waals surface area contributed by atoms with E-state index in [2.05, 4.69) is 4.98 Å². The van der Waals surface area contributed by atoms with Crippen molar-refractivity contribution in [1.29, 1.82) is 0 Å². The second kappa shape index (κ2) is 11.1. The first-order valence-corrected chi connectivity index (χ1v) is 11.9. The van der Waals surface area contributed by atoms with E-state index in [4.69, 9.17) is 5.73 Å². The standard InChI is InChI=1S/C24H32F3N5O3/c1-3-5-14-32-21(28)20(22(34)29-23(32)35)31(4-2)19(33)15-30-13-7-6-8-18(30)16-9-11-17(12-10-16)24(25,26)27/h9-12,18H,3-8,13-15,28H2,1-2H3,(H,29,34,35). The number of nitrogen functional groups attached to an aromatic ring is 1.